The van der Waals surface area contributed by atoms with Crippen LogP contribution in [0.4, 0.5) is 17.6 Å². The third kappa shape index (κ3) is 3.59. The van der Waals surface area contributed by atoms with Crippen molar-refractivity contribution in [2.24, 2.45) is 7.05 Å². The normalized spacial score (nSPS) is 12.4. The first-order valence-corrected chi connectivity index (χ1v) is 9.51. The minimum absolute atomic E-state index is 0.0760. The van der Waals surface area contributed by atoms with Crippen LogP contribution in [-0.4, -0.2) is 38.9 Å². The number of alkyl halides is 3. The molecule has 0 fully saturated rings. The Hall–Kier alpha value is -2.89. The molecule has 3 heterocycles. The zero-order chi connectivity index (χ0) is 20.7. The number of hydrogen-bond acceptors (Lipinski definition) is 6. The average Bonchev–Trinajstić information content (AvgIpc) is 3.01. The predicted octanol–water partition coefficient (Wildman–Crippen LogP) is 2.89. The highest BCUT2D eigenvalue weighted by atomic mass is 32.2. The first kappa shape index (κ1) is 19.9. The van der Waals surface area contributed by atoms with Gasteiger partial charge in [0.2, 0.25) is 5.95 Å². The second kappa shape index (κ2) is 6.93. The van der Waals surface area contributed by atoms with Crippen molar-refractivity contribution in [1.82, 2.24) is 24.7 Å². The molecule has 0 bridgehead atoms. The summed E-state index contributed by atoms with van der Waals surface area (Å²) in [5, 5.41) is 7.74. The number of pyridine rings is 2. The lowest BCUT2D eigenvalue weighted by Crippen LogP contribution is -2.13. The zero-order valence-corrected chi connectivity index (χ0v) is 15.4. The summed E-state index contributed by atoms with van der Waals surface area (Å²) in [6, 6.07) is 3.08. The number of rotatable bonds is 4. The number of nitrogens with zero attached hydrogens (tertiary/aromatic N) is 5. The standard InChI is InChI=1S/C16H13F4N5O2S/c1-3-28(26,27)11-7-10(16(18,19)20)8-22-13(11)15-24-23-14(25(15)2)9-4-5-21-12(17)6-9/h4-8H,3H2,1-2H3. The van der Waals surface area contributed by atoms with E-state index >= 15 is 0 Å². The van der Waals surface area contributed by atoms with Gasteiger partial charge in [-0.2, -0.15) is 17.6 Å². The van der Waals surface area contributed by atoms with Gasteiger partial charge in [-0.25, -0.2) is 13.4 Å². The molecule has 148 valence electrons. The van der Waals surface area contributed by atoms with E-state index in [4.69, 9.17) is 0 Å². The van der Waals surface area contributed by atoms with Crippen LogP contribution in [0.1, 0.15) is 12.5 Å². The van der Waals surface area contributed by atoms with Crippen LogP contribution in [0.25, 0.3) is 22.9 Å². The molecule has 3 aromatic rings. The second-order valence-electron chi connectivity index (χ2n) is 5.75. The molecule has 0 aromatic carbocycles. The van der Waals surface area contributed by atoms with Crippen molar-refractivity contribution in [3.05, 3.63) is 42.1 Å². The van der Waals surface area contributed by atoms with Gasteiger partial charge in [-0.3, -0.25) is 4.98 Å². The van der Waals surface area contributed by atoms with E-state index in [1.54, 1.807) is 0 Å². The number of hydrogen-bond donors (Lipinski definition) is 0. The molecule has 0 spiro atoms. The maximum absolute atomic E-state index is 13.4. The molecular formula is C16H13F4N5O2S. The van der Waals surface area contributed by atoms with Gasteiger partial charge >= 0.3 is 6.18 Å². The Kier molecular flexibility index (Phi) is 4.91. The third-order valence-electron chi connectivity index (χ3n) is 3.97. The highest BCUT2D eigenvalue weighted by molar-refractivity contribution is 7.91. The Bertz CT molecular complexity index is 1140. The van der Waals surface area contributed by atoms with Crippen LogP contribution in [0.5, 0.6) is 0 Å². The number of halogens is 4. The van der Waals surface area contributed by atoms with Crippen molar-refractivity contribution in [3.63, 3.8) is 0 Å². The van der Waals surface area contributed by atoms with Gasteiger partial charge in [-0.15, -0.1) is 10.2 Å². The molecule has 0 saturated carbocycles. The van der Waals surface area contributed by atoms with Crippen LogP contribution < -0.4 is 0 Å². The fourth-order valence-corrected chi connectivity index (χ4v) is 3.54. The van der Waals surface area contributed by atoms with Crippen LogP contribution in [0.2, 0.25) is 0 Å². The fraction of sp³-hybridized carbons (Fsp3) is 0.250. The first-order chi connectivity index (χ1) is 13.0. The zero-order valence-electron chi connectivity index (χ0n) is 14.6. The predicted molar refractivity (Wildman–Crippen MR) is 90.2 cm³/mol. The number of sulfone groups is 1. The van der Waals surface area contributed by atoms with Gasteiger partial charge in [0.15, 0.2) is 21.5 Å². The lowest BCUT2D eigenvalue weighted by Gasteiger charge is -2.12. The maximum atomic E-state index is 13.4. The monoisotopic (exact) mass is 415 g/mol. The van der Waals surface area contributed by atoms with E-state index in [-0.39, 0.29) is 17.3 Å². The lowest BCUT2D eigenvalue weighted by molar-refractivity contribution is -0.138. The Morgan fingerprint density at radius 2 is 1.79 bits per heavy atom. The molecule has 3 rings (SSSR count). The Morgan fingerprint density at radius 3 is 2.39 bits per heavy atom. The summed E-state index contributed by atoms with van der Waals surface area (Å²) in [6.07, 6.45) is -3.02. The molecular weight excluding hydrogens is 402 g/mol. The maximum Gasteiger partial charge on any atom is 0.417 e. The van der Waals surface area contributed by atoms with E-state index in [1.807, 2.05) is 0 Å². The van der Waals surface area contributed by atoms with E-state index in [0.29, 0.717) is 17.8 Å². The SMILES string of the molecule is CCS(=O)(=O)c1cc(C(F)(F)F)cnc1-c1nnc(-c2ccnc(F)c2)n1C. The summed E-state index contributed by atoms with van der Waals surface area (Å²) in [5.41, 5.74) is -1.16. The van der Waals surface area contributed by atoms with Gasteiger partial charge in [0, 0.05) is 31.1 Å². The molecule has 0 aliphatic carbocycles. The highest BCUT2D eigenvalue weighted by Crippen LogP contribution is 2.34. The van der Waals surface area contributed by atoms with Gasteiger partial charge < -0.3 is 4.57 Å². The van der Waals surface area contributed by atoms with Gasteiger partial charge in [0.1, 0.15) is 5.69 Å². The molecule has 7 nitrogen and oxygen atoms in total. The van der Waals surface area contributed by atoms with Crippen LogP contribution in [0.15, 0.2) is 35.5 Å². The Balaban J connectivity index is 2.22. The van der Waals surface area contributed by atoms with Crippen molar-refractivity contribution in [2.45, 2.75) is 18.0 Å². The minimum Gasteiger partial charge on any atom is -0.309 e. The summed E-state index contributed by atoms with van der Waals surface area (Å²) in [4.78, 5) is 6.53. The highest BCUT2D eigenvalue weighted by Gasteiger charge is 2.34. The topological polar surface area (TPSA) is 90.6 Å². The van der Waals surface area contributed by atoms with Crippen molar-refractivity contribution in [2.75, 3.05) is 5.75 Å². The van der Waals surface area contributed by atoms with Crippen LogP contribution >= 0.6 is 0 Å². The van der Waals surface area contributed by atoms with E-state index in [9.17, 15) is 26.0 Å². The summed E-state index contributed by atoms with van der Waals surface area (Å²) >= 11 is 0. The average molecular weight is 415 g/mol. The van der Waals surface area contributed by atoms with Crippen LogP contribution in [-0.2, 0) is 23.1 Å². The first-order valence-electron chi connectivity index (χ1n) is 7.86. The summed E-state index contributed by atoms with van der Waals surface area (Å²) < 4.78 is 78.5. The van der Waals surface area contributed by atoms with E-state index < -0.39 is 38.2 Å². The fourth-order valence-electron chi connectivity index (χ4n) is 2.49. The summed E-state index contributed by atoms with van der Waals surface area (Å²) in [6.45, 7) is 1.31. The van der Waals surface area contributed by atoms with Gasteiger partial charge in [-0.1, -0.05) is 6.92 Å². The van der Waals surface area contributed by atoms with E-state index in [1.165, 1.54) is 30.8 Å². The Labute approximate surface area is 157 Å². The summed E-state index contributed by atoms with van der Waals surface area (Å²) in [7, 11) is -2.59. The molecule has 0 amide bonds. The molecule has 0 aliphatic heterocycles. The van der Waals surface area contributed by atoms with Crippen molar-refractivity contribution < 1.29 is 26.0 Å². The molecule has 0 atom stereocenters. The molecule has 0 saturated heterocycles. The van der Waals surface area contributed by atoms with Crippen molar-refractivity contribution in [3.8, 4) is 22.9 Å². The van der Waals surface area contributed by atoms with Crippen LogP contribution in [0.3, 0.4) is 0 Å². The molecule has 12 heteroatoms. The third-order valence-corrected chi connectivity index (χ3v) is 5.71. The smallest absolute Gasteiger partial charge is 0.309 e. The van der Waals surface area contributed by atoms with Crippen molar-refractivity contribution in [1.29, 1.82) is 0 Å². The van der Waals surface area contributed by atoms with Crippen molar-refractivity contribution >= 4 is 9.84 Å². The second-order valence-corrected chi connectivity index (χ2v) is 7.99. The molecule has 3 aromatic heterocycles. The molecule has 0 N–H and O–H groups in total. The Morgan fingerprint density at radius 1 is 1.11 bits per heavy atom. The largest absolute Gasteiger partial charge is 0.417 e. The van der Waals surface area contributed by atoms with Gasteiger partial charge in [0.05, 0.1) is 16.2 Å². The molecule has 0 aliphatic rings. The molecule has 0 radical (unpaired) electrons. The summed E-state index contributed by atoms with van der Waals surface area (Å²) in [5.74, 6) is -1.10. The number of aromatic nitrogens is 5. The van der Waals surface area contributed by atoms with Gasteiger partial charge in [-0.05, 0) is 12.1 Å². The lowest BCUT2D eigenvalue weighted by atomic mass is 10.2. The quantitative estimate of drug-likeness (QED) is 0.481. The van der Waals surface area contributed by atoms with Crippen LogP contribution in [0, 0.1) is 5.95 Å². The van der Waals surface area contributed by atoms with E-state index in [0.717, 1.165) is 6.07 Å². The minimum atomic E-state index is -4.76. The van der Waals surface area contributed by atoms with Gasteiger partial charge in [0.25, 0.3) is 0 Å². The molecule has 0 unspecified atom stereocenters. The molecule has 28 heavy (non-hydrogen) atoms. The van der Waals surface area contributed by atoms with E-state index in [2.05, 4.69) is 20.2 Å².